The highest BCUT2D eigenvalue weighted by molar-refractivity contribution is 7.11. The topological polar surface area (TPSA) is 28.2 Å². The minimum absolute atomic E-state index is 0.544. The van der Waals surface area contributed by atoms with Gasteiger partial charge in [-0.05, 0) is 44.7 Å². The first kappa shape index (κ1) is 14.5. The van der Waals surface area contributed by atoms with E-state index in [1.54, 1.807) is 0 Å². The number of thiazole rings is 1. The molecule has 1 saturated carbocycles. The molecule has 1 aliphatic carbocycles. The molecule has 1 aromatic rings. The van der Waals surface area contributed by atoms with Gasteiger partial charge in [0.1, 0.15) is 0 Å². The number of nitrogens with zero attached hydrogens (tertiary/aromatic N) is 2. The lowest BCUT2D eigenvalue weighted by atomic mass is 10.1. The molecule has 2 fully saturated rings. The highest BCUT2D eigenvalue weighted by Crippen LogP contribution is 2.27. The molecule has 20 heavy (non-hydrogen) atoms. The highest BCUT2D eigenvalue weighted by Gasteiger charge is 2.22. The first-order chi connectivity index (χ1) is 9.72. The Hall–Kier alpha value is -0.450. The summed E-state index contributed by atoms with van der Waals surface area (Å²) in [6.07, 6.45) is 6.61. The predicted molar refractivity (Wildman–Crippen MR) is 85.4 cm³/mol. The molecule has 0 radical (unpaired) electrons. The molecule has 1 N–H and O–H groups in total. The molecular weight excluding hydrogens is 266 g/mol. The summed E-state index contributed by atoms with van der Waals surface area (Å²) in [7, 11) is 0. The summed E-state index contributed by atoms with van der Waals surface area (Å²) in [4.78, 5) is 8.98. The van der Waals surface area contributed by atoms with E-state index in [-0.39, 0.29) is 0 Å². The van der Waals surface area contributed by atoms with Crippen LogP contribution in [0.2, 0.25) is 0 Å². The van der Waals surface area contributed by atoms with Crippen LogP contribution in [-0.4, -0.2) is 35.6 Å². The maximum Gasteiger partial charge on any atom is 0.0944 e. The smallest absolute Gasteiger partial charge is 0.0944 e. The van der Waals surface area contributed by atoms with E-state index in [9.17, 15) is 0 Å². The van der Waals surface area contributed by atoms with Gasteiger partial charge in [0.05, 0.1) is 10.7 Å². The van der Waals surface area contributed by atoms with E-state index < -0.39 is 0 Å². The monoisotopic (exact) mass is 293 g/mol. The van der Waals surface area contributed by atoms with Crippen molar-refractivity contribution < 1.29 is 0 Å². The molecule has 0 unspecified atom stereocenters. The van der Waals surface area contributed by atoms with Crippen LogP contribution in [0.25, 0.3) is 0 Å². The SMILES string of the molecule is CC(C)c1nc(CCN2CCCC2)sc1CNC1CC1. The molecule has 2 heterocycles. The van der Waals surface area contributed by atoms with Crippen molar-refractivity contribution in [2.45, 2.75) is 64.5 Å². The summed E-state index contributed by atoms with van der Waals surface area (Å²) in [6.45, 7) is 9.33. The number of aromatic nitrogens is 1. The van der Waals surface area contributed by atoms with Crippen LogP contribution in [0.3, 0.4) is 0 Å². The third-order valence-electron chi connectivity index (χ3n) is 4.29. The molecular formula is C16H27N3S. The summed E-state index contributed by atoms with van der Waals surface area (Å²) in [5.41, 5.74) is 1.33. The van der Waals surface area contributed by atoms with Crippen LogP contribution >= 0.6 is 11.3 Å². The van der Waals surface area contributed by atoms with Gasteiger partial charge in [-0.15, -0.1) is 11.3 Å². The molecule has 0 spiro atoms. The maximum atomic E-state index is 4.92. The Morgan fingerprint density at radius 3 is 2.70 bits per heavy atom. The zero-order chi connectivity index (χ0) is 13.9. The van der Waals surface area contributed by atoms with E-state index >= 15 is 0 Å². The van der Waals surface area contributed by atoms with Crippen LogP contribution in [0.15, 0.2) is 0 Å². The normalized spacial score (nSPS) is 20.1. The summed E-state index contributed by atoms with van der Waals surface area (Å²) in [5.74, 6) is 0.544. The minimum atomic E-state index is 0.544. The Morgan fingerprint density at radius 2 is 2.05 bits per heavy atom. The zero-order valence-electron chi connectivity index (χ0n) is 12.8. The lowest BCUT2D eigenvalue weighted by Crippen LogP contribution is -2.21. The summed E-state index contributed by atoms with van der Waals surface area (Å²) in [5, 5.41) is 4.98. The van der Waals surface area contributed by atoms with Crippen LogP contribution in [-0.2, 0) is 13.0 Å². The number of hydrogen-bond donors (Lipinski definition) is 1. The van der Waals surface area contributed by atoms with Crippen molar-refractivity contribution >= 4 is 11.3 Å². The van der Waals surface area contributed by atoms with Crippen molar-refractivity contribution in [1.29, 1.82) is 0 Å². The van der Waals surface area contributed by atoms with Crippen LogP contribution < -0.4 is 5.32 Å². The fourth-order valence-corrected chi connectivity index (χ4v) is 4.05. The Balaban J connectivity index is 1.59. The second-order valence-electron chi connectivity index (χ2n) is 6.52. The Bertz CT molecular complexity index is 431. The maximum absolute atomic E-state index is 4.92. The van der Waals surface area contributed by atoms with Crippen molar-refractivity contribution in [3.05, 3.63) is 15.6 Å². The van der Waals surface area contributed by atoms with Gasteiger partial charge >= 0.3 is 0 Å². The van der Waals surface area contributed by atoms with Gasteiger partial charge in [0, 0.05) is 30.4 Å². The predicted octanol–water partition coefficient (Wildman–Crippen LogP) is 3.16. The molecule has 0 amide bonds. The fourth-order valence-electron chi connectivity index (χ4n) is 2.88. The Morgan fingerprint density at radius 1 is 1.30 bits per heavy atom. The van der Waals surface area contributed by atoms with Crippen molar-refractivity contribution in [2.24, 2.45) is 0 Å². The number of rotatable bonds is 7. The quantitative estimate of drug-likeness (QED) is 0.837. The Kier molecular flexibility index (Phi) is 4.74. The van der Waals surface area contributed by atoms with Crippen molar-refractivity contribution in [3.63, 3.8) is 0 Å². The average Bonchev–Trinajstić information content (AvgIpc) is 2.95. The third kappa shape index (κ3) is 3.80. The van der Waals surface area contributed by atoms with Crippen molar-refractivity contribution in [3.8, 4) is 0 Å². The molecule has 0 bridgehead atoms. The molecule has 112 valence electrons. The van der Waals surface area contributed by atoms with Crippen molar-refractivity contribution in [2.75, 3.05) is 19.6 Å². The first-order valence-corrected chi connectivity index (χ1v) is 8.98. The lowest BCUT2D eigenvalue weighted by Gasteiger charge is -2.12. The van der Waals surface area contributed by atoms with Gasteiger partial charge in [-0.3, -0.25) is 0 Å². The lowest BCUT2D eigenvalue weighted by molar-refractivity contribution is 0.343. The van der Waals surface area contributed by atoms with Gasteiger partial charge in [-0.1, -0.05) is 13.8 Å². The van der Waals surface area contributed by atoms with E-state index in [0.717, 1.165) is 19.0 Å². The largest absolute Gasteiger partial charge is 0.309 e. The van der Waals surface area contributed by atoms with Crippen molar-refractivity contribution in [1.82, 2.24) is 15.2 Å². The average molecular weight is 293 g/mol. The molecule has 1 aromatic heterocycles. The third-order valence-corrected chi connectivity index (χ3v) is 5.42. The number of hydrogen-bond acceptors (Lipinski definition) is 4. The van der Waals surface area contributed by atoms with Gasteiger partial charge in [0.25, 0.3) is 0 Å². The van der Waals surface area contributed by atoms with Crippen LogP contribution in [0.1, 0.15) is 61.0 Å². The van der Waals surface area contributed by atoms with E-state index in [1.807, 2.05) is 11.3 Å². The van der Waals surface area contributed by atoms with E-state index in [0.29, 0.717) is 5.92 Å². The van der Waals surface area contributed by atoms with Gasteiger partial charge in [0.15, 0.2) is 0 Å². The number of nitrogens with one attached hydrogen (secondary N) is 1. The summed E-state index contributed by atoms with van der Waals surface area (Å²) in [6, 6.07) is 0.783. The number of likely N-dealkylation sites (tertiary alicyclic amines) is 1. The zero-order valence-corrected chi connectivity index (χ0v) is 13.6. The molecule has 0 aromatic carbocycles. The van der Waals surface area contributed by atoms with E-state index in [4.69, 9.17) is 4.98 Å². The van der Waals surface area contributed by atoms with Crippen LogP contribution in [0.5, 0.6) is 0 Å². The second-order valence-corrected chi connectivity index (χ2v) is 7.69. The molecule has 3 rings (SSSR count). The molecule has 0 atom stereocenters. The molecule has 3 nitrogen and oxygen atoms in total. The minimum Gasteiger partial charge on any atom is -0.309 e. The first-order valence-electron chi connectivity index (χ1n) is 8.16. The Labute approximate surface area is 126 Å². The van der Waals surface area contributed by atoms with Gasteiger partial charge in [-0.2, -0.15) is 0 Å². The molecule has 1 saturated heterocycles. The molecule has 2 aliphatic rings. The summed E-state index contributed by atoms with van der Waals surface area (Å²) < 4.78 is 0. The summed E-state index contributed by atoms with van der Waals surface area (Å²) >= 11 is 1.94. The van der Waals surface area contributed by atoms with E-state index in [2.05, 4.69) is 24.1 Å². The van der Waals surface area contributed by atoms with Crippen LogP contribution in [0.4, 0.5) is 0 Å². The standard InChI is InChI=1S/C16H27N3S/c1-12(2)16-14(11-17-13-5-6-13)20-15(18-16)7-10-19-8-3-4-9-19/h12-13,17H,3-11H2,1-2H3. The van der Waals surface area contributed by atoms with E-state index in [1.165, 1.54) is 60.9 Å². The molecule has 4 heteroatoms. The van der Waals surface area contributed by atoms with Gasteiger partial charge < -0.3 is 10.2 Å². The van der Waals surface area contributed by atoms with Gasteiger partial charge in [0.2, 0.25) is 0 Å². The van der Waals surface area contributed by atoms with Crippen LogP contribution in [0, 0.1) is 0 Å². The highest BCUT2D eigenvalue weighted by atomic mass is 32.1. The molecule has 1 aliphatic heterocycles. The second kappa shape index (κ2) is 6.54. The fraction of sp³-hybridized carbons (Fsp3) is 0.812. The van der Waals surface area contributed by atoms with Gasteiger partial charge in [-0.25, -0.2) is 4.98 Å².